The zero-order valence-electron chi connectivity index (χ0n) is 9.23. The highest BCUT2D eigenvalue weighted by atomic mass is 32.2. The Balaban J connectivity index is 2.37. The number of nitrogens with one attached hydrogen (secondary N) is 1. The van der Waals surface area contributed by atoms with E-state index in [1.807, 2.05) is 31.1 Å². The summed E-state index contributed by atoms with van der Waals surface area (Å²) in [6.07, 6.45) is 2.75. The Morgan fingerprint density at radius 3 is 2.87 bits per heavy atom. The lowest BCUT2D eigenvalue weighted by Crippen LogP contribution is -2.00. The molecule has 0 fully saturated rings. The van der Waals surface area contributed by atoms with E-state index in [1.165, 1.54) is 5.56 Å². The average Bonchev–Trinajstić information content (AvgIpc) is 2.27. The number of anilines is 1. The Morgan fingerprint density at radius 1 is 1.53 bits per heavy atom. The zero-order chi connectivity index (χ0) is 11.1. The molecule has 0 aliphatic carbocycles. The Labute approximate surface area is 95.3 Å². The fourth-order valence-electron chi connectivity index (χ4n) is 1.16. The van der Waals surface area contributed by atoms with E-state index in [0.717, 1.165) is 18.0 Å². The molecule has 0 saturated carbocycles. The van der Waals surface area contributed by atoms with Gasteiger partial charge in [0.15, 0.2) is 0 Å². The largest absolute Gasteiger partial charge is 0.396 e. The normalized spacial score (nSPS) is 12.5. The van der Waals surface area contributed by atoms with Crippen molar-refractivity contribution in [3.8, 4) is 0 Å². The number of pyridine rings is 1. The lowest BCUT2D eigenvalue weighted by molar-refractivity contribution is 0.289. The van der Waals surface area contributed by atoms with Gasteiger partial charge in [-0.2, -0.15) is 11.8 Å². The Bertz CT molecular complexity index is 276. The van der Waals surface area contributed by atoms with Crippen molar-refractivity contribution in [3.05, 3.63) is 23.9 Å². The van der Waals surface area contributed by atoms with Crippen LogP contribution in [0.2, 0.25) is 0 Å². The van der Waals surface area contributed by atoms with Crippen molar-refractivity contribution in [2.24, 2.45) is 0 Å². The summed E-state index contributed by atoms with van der Waals surface area (Å²) in [5, 5.41) is 12.3. The van der Waals surface area contributed by atoms with Gasteiger partial charge in [0.05, 0.1) is 0 Å². The first-order valence-electron chi connectivity index (χ1n) is 5.11. The van der Waals surface area contributed by atoms with E-state index in [-0.39, 0.29) is 6.61 Å². The van der Waals surface area contributed by atoms with Crippen LogP contribution in [0.25, 0.3) is 0 Å². The summed E-state index contributed by atoms with van der Waals surface area (Å²) in [5.74, 6) is 1.85. The maximum absolute atomic E-state index is 8.77. The van der Waals surface area contributed by atoms with E-state index >= 15 is 0 Å². The van der Waals surface area contributed by atoms with Crippen LogP contribution in [0.1, 0.15) is 18.9 Å². The van der Waals surface area contributed by atoms with Gasteiger partial charge in [0.2, 0.25) is 0 Å². The van der Waals surface area contributed by atoms with Gasteiger partial charge in [0, 0.05) is 30.9 Å². The Hall–Kier alpha value is -0.740. The molecule has 0 spiro atoms. The second kappa shape index (κ2) is 6.69. The summed E-state index contributed by atoms with van der Waals surface area (Å²) in [7, 11) is 1.86. The summed E-state index contributed by atoms with van der Waals surface area (Å²) < 4.78 is 0. The molecule has 0 bridgehead atoms. The van der Waals surface area contributed by atoms with Gasteiger partial charge in [0.1, 0.15) is 5.82 Å². The molecule has 1 unspecified atom stereocenters. The summed E-state index contributed by atoms with van der Waals surface area (Å²) in [6, 6.07) is 4.06. The van der Waals surface area contributed by atoms with Crippen LogP contribution in [-0.4, -0.2) is 29.0 Å². The van der Waals surface area contributed by atoms with Gasteiger partial charge in [-0.05, 0) is 18.1 Å². The minimum atomic E-state index is 0.269. The third-order valence-corrected chi connectivity index (χ3v) is 3.46. The molecule has 3 nitrogen and oxygen atoms in total. The van der Waals surface area contributed by atoms with Crippen LogP contribution < -0.4 is 5.32 Å². The SMILES string of the molecule is CNc1ccc(CSC(C)CCO)cn1. The van der Waals surface area contributed by atoms with Crippen molar-refractivity contribution in [2.45, 2.75) is 24.3 Å². The fourth-order valence-corrected chi connectivity index (χ4v) is 2.08. The highest BCUT2D eigenvalue weighted by Crippen LogP contribution is 2.19. The standard InChI is InChI=1S/C11H18N2OS/c1-9(5-6-14)15-8-10-3-4-11(12-2)13-7-10/h3-4,7,9,14H,5-6,8H2,1-2H3,(H,12,13). The number of aliphatic hydroxyl groups is 1. The molecule has 4 heteroatoms. The second-order valence-corrected chi connectivity index (χ2v) is 4.86. The van der Waals surface area contributed by atoms with Gasteiger partial charge >= 0.3 is 0 Å². The quantitative estimate of drug-likeness (QED) is 0.780. The first kappa shape index (κ1) is 12.3. The lowest BCUT2D eigenvalue weighted by Gasteiger charge is -2.09. The second-order valence-electron chi connectivity index (χ2n) is 3.44. The van der Waals surface area contributed by atoms with Crippen LogP contribution in [0.15, 0.2) is 18.3 Å². The third kappa shape index (κ3) is 4.53. The summed E-state index contributed by atoms with van der Waals surface area (Å²) in [4.78, 5) is 4.25. The van der Waals surface area contributed by atoms with Crippen LogP contribution in [0, 0.1) is 0 Å². The Kier molecular flexibility index (Phi) is 5.50. The molecule has 0 saturated heterocycles. The fraction of sp³-hybridized carbons (Fsp3) is 0.545. The molecule has 1 aromatic heterocycles. The average molecular weight is 226 g/mol. The molecule has 15 heavy (non-hydrogen) atoms. The molecule has 1 heterocycles. The number of aromatic nitrogens is 1. The summed E-state index contributed by atoms with van der Waals surface area (Å²) in [5.41, 5.74) is 1.23. The predicted octanol–water partition coefficient (Wildman–Crippen LogP) is 2.13. The van der Waals surface area contributed by atoms with Crippen molar-refractivity contribution in [1.82, 2.24) is 4.98 Å². The number of hydrogen-bond donors (Lipinski definition) is 2. The van der Waals surface area contributed by atoms with Gasteiger partial charge in [-0.25, -0.2) is 4.98 Å². The van der Waals surface area contributed by atoms with Gasteiger partial charge in [-0.15, -0.1) is 0 Å². The van der Waals surface area contributed by atoms with E-state index in [0.29, 0.717) is 5.25 Å². The predicted molar refractivity (Wildman–Crippen MR) is 66.2 cm³/mol. The van der Waals surface area contributed by atoms with Crippen molar-refractivity contribution < 1.29 is 5.11 Å². The molecule has 0 aromatic carbocycles. The third-order valence-electron chi connectivity index (χ3n) is 2.15. The first-order chi connectivity index (χ1) is 7.26. The van der Waals surface area contributed by atoms with E-state index in [4.69, 9.17) is 5.11 Å². The van der Waals surface area contributed by atoms with E-state index in [9.17, 15) is 0 Å². The molecule has 1 rings (SSSR count). The van der Waals surface area contributed by atoms with Gasteiger partial charge < -0.3 is 10.4 Å². The number of aliphatic hydroxyl groups excluding tert-OH is 1. The molecule has 2 N–H and O–H groups in total. The number of nitrogens with zero attached hydrogens (tertiary/aromatic N) is 1. The van der Waals surface area contributed by atoms with Crippen molar-refractivity contribution in [1.29, 1.82) is 0 Å². The monoisotopic (exact) mass is 226 g/mol. The van der Waals surface area contributed by atoms with Crippen LogP contribution >= 0.6 is 11.8 Å². The minimum Gasteiger partial charge on any atom is -0.396 e. The Morgan fingerprint density at radius 2 is 2.33 bits per heavy atom. The first-order valence-corrected chi connectivity index (χ1v) is 6.16. The van der Waals surface area contributed by atoms with Crippen molar-refractivity contribution >= 4 is 17.6 Å². The molecule has 1 atom stereocenters. The summed E-state index contributed by atoms with van der Waals surface area (Å²) >= 11 is 1.85. The number of rotatable bonds is 6. The molecular weight excluding hydrogens is 208 g/mol. The number of hydrogen-bond acceptors (Lipinski definition) is 4. The van der Waals surface area contributed by atoms with Crippen molar-refractivity contribution in [2.75, 3.05) is 19.0 Å². The summed E-state index contributed by atoms with van der Waals surface area (Å²) in [6.45, 7) is 2.40. The van der Waals surface area contributed by atoms with Crippen LogP contribution in [0.4, 0.5) is 5.82 Å². The van der Waals surface area contributed by atoms with E-state index < -0.39 is 0 Å². The smallest absolute Gasteiger partial charge is 0.125 e. The molecule has 0 radical (unpaired) electrons. The molecule has 84 valence electrons. The highest BCUT2D eigenvalue weighted by Gasteiger charge is 2.02. The molecular formula is C11H18N2OS. The molecule has 0 aliphatic heterocycles. The van der Waals surface area contributed by atoms with Crippen LogP contribution in [0.3, 0.4) is 0 Å². The molecule has 0 amide bonds. The zero-order valence-corrected chi connectivity index (χ0v) is 10.0. The van der Waals surface area contributed by atoms with Crippen molar-refractivity contribution in [3.63, 3.8) is 0 Å². The van der Waals surface area contributed by atoms with E-state index in [1.54, 1.807) is 0 Å². The van der Waals surface area contributed by atoms with Gasteiger partial charge in [-0.1, -0.05) is 13.0 Å². The van der Waals surface area contributed by atoms with E-state index in [2.05, 4.69) is 23.3 Å². The highest BCUT2D eigenvalue weighted by molar-refractivity contribution is 7.99. The van der Waals surface area contributed by atoms with Gasteiger partial charge in [0.25, 0.3) is 0 Å². The topological polar surface area (TPSA) is 45.1 Å². The molecule has 1 aromatic rings. The minimum absolute atomic E-state index is 0.269. The maximum Gasteiger partial charge on any atom is 0.125 e. The van der Waals surface area contributed by atoms with Gasteiger partial charge in [-0.3, -0.25) is 0 Å². The lowest BCUT2D eigenvalue weighted by atomic mass is 10.3. The maximum atomic E-state index is 8.77. The number of thioether (sulfide) groups is 1. The van der Waals surface area contributed by atoms with Crippen LogP contribution in [0.5, 0.6) is 0 Å². The van der Waals surface area contributed by atoms with Crippen LogP contribution in [-0.2, 0) is 5.75 Å². The molecule has 0 aliphatic rings.